The Kier molecular flexibility index (Phi) is 3.75. The molecule has 0 radical (unpaired) electrons. The van der Waals surface area contributed by atoms with Crippen molar-refractivity contribution in [3.8, 4) is 0 Å². The van der Waals surface area contributed by atoms with Gasteiger partial charge < -0.3 is 4.42 Å². The summed E-state index contributed by atoms with van der Waals surface area (Å²) in [7, 11) is 0. The Hall–Kier alpha value is -1.76. The lowest BCUT2D eigenvalue weighted by Gasteiger charge is -2.14. The fourth-order valence-corrected chi connectivity index (χ4v) is 2.74. The molecule has 2 aromatic carbocycles. The minimum Gasteiger partial charge on any atom is -0.459 e. The topological polar surface area (TPSA) is 51.2 Å². The molecule has 3 rings (SSSR count). The van der Waals surface area contributed by atoms with Crippen molar-refractivity contribution in [3.05, 3.63) is 69.9 Å². The van der Waals surface area contributed by atoms with Crippen LogP contribution in [0.5, 0.6) is 0 Å². The highest BCUT2D eigenvalue weighted by molar-refractivity contribution is 9.10. The molecule has 0 bridgehead atoms. The van der Waals surface area contributed by atoms with Crippen LogP contribution in [-0.2, 0) is 0 Å². The van der Waals surface area contributed by atoms with Crippen LogP contribution in [0.1, 0.15) is 17.4 Å². The first-order valence-electron chi connectivity index (χ1n) is 6.18. The summed E-state index contributed by atoms with van der Waals surface area (Å²) in [6.45, 7) is 0. The summed E-state index contributed by atoms with van der Waals surface area (Å²) in [5.41, 5.74) is 3.73. The zero-order valence-electron chi connectivity index (χ0n) is 10.7. The number of nitrogens with one attached hydrogen (secondary N) is 1. The van der Waals surface area contributed by atoms with Gasteiger partial charge >= 0.3 is 0 Å². The third-order valence-electron chi connectivity index (χ3n) is 3.17. The molecule has 3 aromatic rings. The second kappa shape index (κ2) is 5.55. The first kappa shape index (κ1) is 14.2. The van der Waals surface area contributed by atoms with E-state index in [0.29, 0.717) is 26.8 Å². The van der Waals surface area contributed by atoms with Crippen LogP contribution in [0.4, 0.5) is 8.78 Å². The molecule has 0 fully saturated rings. The Balaban J connectivity index is 2.08. The highest BCUT2D eigenvalue weighted by Gasteiger charge is 2.18. The summed E-state index contributed by atoms with van der Waals surface area (Å²) < 4.78 is 33.0. The summed E-state index contributed by atoms with van der Waals surface area (Å²) in [4.78, 5) is 0. The molecule has 3 N–H and O–H groups in total. The van der Waals surface area contributed by atoms with Crippen LogP contribution in [0, 0.1) is 11.6 Å². The molecular weight excluding hydrogens is 342 g/mol. The van der Waals surface area contributed by atoms with Gasteiger partial charge in [-0.1, -0.05) is 15.9 Å². The van der Waals surface area contributed by atoms with Crippen molar-refractivity contribution < 1.29 is 13.2 Å². The van der Waals surface area contributed by atoms with Gasteiger partial charge in [-0.25, -0.2) is 14.2 Å². The van der Waals surface area contributed by atoms with E-state index in [1.165, 1.54) is 24.3 Å². The maximum atomic E-state index is 13.5. The molecule has 1 heterocycles. The minimum absolute atomic E-state index is 0.347. The van der Waals surface area contributed by atoms with E-state index in [1.807, 2.05) is 0 Å². The standard InChI is InChI=1S/C15H11BrF2N2O/c16-10-3-9(5-12(18)7-10)15(20-19)14-6-8-4-11(17)1-2-13(8)21-14/h1-7,15,20H,19H2. The maximum Gasteiger partial charge on any atom is 0.134 e. The molecule has 3 nitrogen and oxygen atoms in total. The highest BCUT2D eigenvalue weighted by Crippen LogP contribution is 2.30. The molecule has 0 aliphatic carbocycles. The normalized spacial score (nSPS) is 12.8. The fraction of sp³-hybridized carbons (Fsp3) is 0.0667. The SMILES string of the molecule is NNC(c1cc(F)cc(Br)c1)c1cc2cc(F)ccc2o1. The van der Waals surface area contributed by atoms with E-state index in [9.17, 15) is 8.78 Å². The third kappa shape index (κ3) is 2.83. The molecule has 0 spiro atoms. The number of benzene rings is 2. The van der Waals surface area contributed by atoms with Crippen molar-refractivity contribution in [1.82, 2.24) is 5.43 Å². The molecule has 108 valence electrons. The van der Waals surface area contributed by atoms with Gasteiger partial charge in [-0.3, -0.25) is 5.84 Å². The molecule has 1 atom stereocenters. The van der Waals surface area contributed by atoms with E-state index in [4.69, 9.17) is 10.3 Å². The summed E-state index contributed by atoms with van der Waals surface area (Å²) in [5, 5.41) is 0.626. The lowest BCUT2D eigenvalue weighted by molar-refractivity contribution is 0.475. The Bertz CT molecular complexity index is 783. The molecule has 0 aliphatic rings. The average Bonchev–Trinajstić information content (AvgIpc) is 2.81. The molecule has 0 saturated heterocycles. The van der Waals surface area contributed by atoms with E-state index < -0.39 is 6.04 Å². The largest absolute Gasteiger partial charge is 0.459 e. The molecule has 1 unspecified atom stereocenters. The van der Waals surface area contributed by atoms with Crippen molar-refractivity contribution in [2.45, 2.75) is 6.04 Å². The summed E-state index contributed by atoms with van der Waals surface area (Å²) in [5.74, 6) is 5.32. The minimum atomic E-state index is -0.535. The number of nitrogens with two attached hydrogens (primary N) is 1. The lowest BCUT2D eigenvalue weighted by atomic mass is 10.0. The molecule has 0 saturated carbocycles. The molecule has 0 amide bonds. The molecule has 0 aliphatic heterocycles. The second-order valence-electron chi connectivity index (χ2n) is 4.63. The lowest BCUT2D eigenvalue weighted by Crippen LogP contribution is -2.28. The first-order valence-corrected chi connectivity index (χ1v) is 6.97. The van der Waals surface area contributed by atoms with Crippen LogP contribution in [0.25, 0.3) is 11.0 Å². The maximum absolute atomic E-state index is 13.5. The Labute approximate surface area is 127 Å². The Morgan fingerprint density at radius 1 is 1.05 bits per heavy atom. The Morgan fingerprint density at radius 2 is 1.86 bits per heavy atom. The average molecular weight is 353 g/mol. The number of halogens is 3. The van der Waals surface area contributed by atoms with Crippen LogP contribution in [-0.4, -0.2) is 0 Å². The van der Waals surface area contributed by atoms with Gasteiger partial charge in [0, 0.05) is 9.86 Å². The van der Waals surface area contributed by atoms with Crippen molar-refractivity contribution in [2.75, 3.05) is 0 Å². The van der Waals surface area contributed by atoms with Gasteiger partial charge in [0.1, 0.15) is 29.0 Å². The number of hydrazine groups is 1. The summed E-state index contributed by atoms with van der Waals surface area (Å²) in [6, 6.07) is 9.84. The summed E-state index contributed by atoms with van der Waals surface area (Å²) in [6.07, 6.45) is 0. The highest BCUT2D eigenvalue weighted by atomic mass is 79.9. The number of furan rings is 1. The van der Waals surface area contributed by atoms with Crippen LogP contribution in [0.15, 0.2) is 51.4 Å². The van der Waals surface area contributed by atoms with E-state index in [0.717, 1.165) is 0 Å². The predicted octanol–water partition coefficient (Wildman–Crippen LogP) is 4.03. The summed E-state index contributed by atoms with van der Waals surface area (Å²) >= 11 is 3.24. The number of rotatable bonds is 3. The van der Waals surface area contributed by atoms with Gasteiger partial charge in [-0.2, -0.15) is 0 Å². The predicted molar refractivity (Wildman–Crippen MR) is 79.4 cm³/mol. The van der Waals surface area contributed by atoms with Gasteiger partial charge in [0.15, 0.2) is 0 Å². The van der Waals surface area contributed by atoms with Crippen molar-refractivity contribution in [2.24, 2.45) is 5.84 Å². The quantitative estimate of drug-likeness (QED) is 0.552. The van der Waals surface area contributed by atoms with E-state index in [-0.39, 0.29) is 11.6 Å². The van der Waals surface area contributed by atoms with E-state index >= 15 is 0 Å². The van der Waals surface area contributed by atoms with Crippen molar-refractivity contribution in [1.29, 1.82) is 0 Å². The van der Waals surface area contributed by atoms with Gasteiger partial charge in [0.25, 0.3) is 0 Å². The first-order chi connectivity index (χ1) is 10.1. The van der Waals surface area contributed by atoms with Crippen LogP contribution in [0.3, 0.4) is 0 Å². The number of hydrogen-bond donors (Lipinski definition) is 2. The van der Waals surface area contributed by atoms with Crippen LogP contribution >= 0.6 is 15.9 Å². The van der Waals surface area contributed by atoms with Crippen molar-refractivity contribution >= 4 is 26.9 Å². The molecule has 1 aromatic heterocycles. The van der Waals surface area contributed by atoms with Gasteiger partial charge in [-0.15, -0.1) is 0 Å². The van der Waals surface area contributed by atoms with Gasteiger partial charge in [0.2, 0.25) is 0 Å². The van der Waals surface area contributed by atoms with Gasteiger partial charge in [0.05, 0.1) is 0 Å². The fourth-order valence-electron chi connectivity index (χ4n) is 2.26. The Morgan fingerprint density at radius 3 is 2.57 bits per heavy atom. The molecular formula is C15H11BrF2N2O. The smallest absolute Gasteiger partial charge is 0.134 e. The van der Waals surface area contributed by atoms with Crippen LogP contribution < -0.4 is 11.3 Å². The molecule has 21 heavy (non-hydrogen) atoms. The van der Waals surface area contributed by atoms with Crippen LogP contribution in [0.2, 0.25) is 0 Å². The number of fused-ring (bicyclic) bond motifs is 1. The van der Waals surface area contributed by atoms with E-state index in [1.54, 1.807) is 18.2 Å². The third-order valence-corrected chi connectivity index (χ3v) is 3.62. The zero-order valence-corrected chi connectivity index (χ0v) is 12.3. The van der Waals surface area contributed by atoms with E-state index in [2.05, 4.69) is 21.4 Å². The second-order valence-corrected chi connectivity index (χ2v) is 5.55. The molecule has 6 heteroatoms. The number of hydrogen-bond acceptors (Lipinski definition) is 3. The van der Waals surface area contributed by atoms with Crippen molar-refractivity contribution in [3.63, 3.8) is 0 Å². The monoisotopic (exact) mass is 352 g/mol. The van der Waals surface area contributed by atoms with Gasteiger partial charge in [-0.05, 0) is 48.0 Å². The zero-order chi connectivity index (χ0) is 15.0.